The molecular weight excluding hydrogens is 244 g/mol. The summed E-state index contributed by atoms with van der Waals surface area (Å²) < 4.78 is 4.64. The highest BCUT2D eigenvalue weighted by Gasteiger charge is 2.30. The third-order valence-corrected chi connectivity index (χ3v) is 2.64. The van der Waals surface area contributed by atoms with Crippen LogP contribution in [-0.4, -0.2) is 31.6 Å². The predicted octanol–water partition coefficient (Wildman–Crippen LogP) is 0.707. The Labute approximate surface area is 109 Å². The molecule has 0 radical (unpaired) electrons. The second-order valence-electron chi connectivity index (χ2n) is 4.74. The molecule has 5 nitrogen and oxygen atoms in total. The van der Waals surface area contributed by atoms with Crippen LogP contribution in [0.2, 0.25) is 0 Å². The Morgan fingerprint density at radius 1 is 1.35 bits per heavy atom. The van der Waals surface area contributed by atoms with Gasteiger partial charge in [-0.2, -0.15) is 0 Å². The molecule has 0 spiro atoms. The molecule has 2 atom stereocenters. The number of halogens is 1. The van der Waals surface area contributed by atoms with Crippen molar-refractivity contribution in [2.75, 3.05) is 13.7 Å². The number of hydrogen-bond donors (Lipinski definition) is 2. The third-order valence-electron chi connectivity index (χ3n) is 2.64. The number of amides is 1. The number of esters is 1. The molecule has 0 aromatic carbocycles. The number of ether oxygens (including phenoxy) is 1. The Hall–Kier alpha value is -0.810. The van der Waals surface area contributed by atoms with Crippen LogP contribution in [0.5, 0.6) is 0 Å². The maximum atomic E-state index is 11.6. The molecule has 0 aromatic rings. The maximum absolute atomic E-state index is 11.6. The molecule has 3 N–H and O–H groups in total. The second kappa shape index (κ2) is 7.50. The molecule has 0 aliphatic heterocycles. The first-order valence-corrected chi connectivity index (χ1v) is 5.34. The molecule has 0 aliphatic rings. The highest BCUT2D eigenvalue weighted by Crippen LogP contribution is 2.15. The average molecular weight is 267 g/mol. The van der Waals surface area contributed by atoms with Crippen LogP contribution in [0.4, 0.5) is 0 Å². The van der Waals surface area contributed by atoms with E-state index in [1.165, 1.54) is 7.11 Å². The Kier molecular flexibility index (Phi) is 8.19. The number of nitrogens with two attached hydrogens (primary N) is 1. The number of hydrogen-bond acceptors (Lipinski definition) is 4. The summed E-state index contributed by atoms with van der Waals surface area (Å²) >= 11 is 0. The molecule has 0 saturated carbocycles. The minimum Gasteiger partial charge on any atom is -0.469 e. The summed E-state index contributed by atoms with van der Waals surface area (Å²) in [5.41, 5.74) is 4.89. The van der Waals surface area contributed by atoms with Crippen molar-refractivity contribution in [3.63, 3.8) is 0 Å². The highest BCUT2D eigenvalue weighted by atomic mass is 35.5. The van der Waals surface area contributed by atoms with Gasteiger partial charge < -0.3 is 15.8 Å². The molecule has 0 aliphatic carbocycles. The molecule has 0 heterocycles. The second-order valence-corrected chi connectivity index (χ2v) is 4.74. The van der Waals surface area contributed by atoms with Gasteiger partial charge in [0.1, 0.15) is 0 Å². The standard InChI is InChI=1S/C11H22N2O3.ClH/c1-7(8(2)12)9(14)13-6-11(3,4)10(15)16-5;/h7-8H,6,12H2,1-5H3,(H,13,14);1H. The van der Waals surface area contributed by atoms with Crippen molar-refractivity contribution in [1.29, 1.82) is 0 Å². The molecular formula is C11H23ClN2O3. The minimum absolute atomic E-state index is 0. The zero-order chi connectivity index (χ0) is 12.9. The molecule has 102 valence electrons. The average Bonchev–Trinajstić information content (AvgIpc) is 2.23. The van der Waals surface area contributed by atoms with E-state index in [-0.39, 0.29) is 42.8 Å². The summed E-state index contributed by atoms with van der Waals surface area (Å²) in [5.74, 6) is -0.762. The van der Waals surface area contributed by atoms with Crippen molar-refractivity contribution in [2.45, 2.75) is 33.7 Å². The Bertz CT molecular complexity index is 267. The van der Waals surface area contributed by atoms with Gasteiger partial charge in [0.15, 0.2) is 0 Å². The van der Waals surface area contributed by atoms with E-state index in [0.29, 0.717) is 0 Å². The monoisotopic (exact) mass is 266 g/mol. The lowest BCUT2D eigenvalue weighted by Crippen LogP contribution is -2.44. The number of methoxy groups -OCH3 is 1. The topological polar surface area (TPSA) is 81.4 Å². The van der Waals surface area contributed by atoms with Crippen molar-refractivity contribution in [3.05, 3.63) is 0 Å². The largest absolute Gasteiger partial charge is 0.469 e. The highest BCUT2D eigenvalue weighted by molar-refractivity contribution is 5.85. The number of rotatable bonds is 5. The lowest BCUT2D eigenvalue weighted by atomic mass is 9.93. The minimum atomic E-state index is -0.720. The summed E-state index contributed by atoms with van der Waals surface area (Å²) in [7, 11) is 1.33. The first-order valence-electron chi connectivity index (χ1n) is 5.34. The van der Waals surface area contributed by atoms with E-state index in [1.54, 1.807) is 27.7 Å². The van der Waals surface area contributed by atoms with Crippen molar-refractivity contribution >= 4 is 24.3 Å². The molecule has 0 bridgehead atoms. The Balaban J connectivity index is 0. The van der Waals surface area contributed by atoms with Gasteiger partial charge in [0.05, 0.1) is 12.5 Å². The van der Waals surface area contributed by atoms with Crippen LogP contribution in [0.3, 0.4) is 0 Å². The zero-order valence-corrected chi connectivity index (χ0v) is 11.9. The van der Waals surface area contributed by atoms with Crippen molar-refractivity contribution < 1.29 is 14.3 Å². The van der Waals surface area contributed by atoms with E-state index in [9.17, 15) is 9.59 Å². The van der Waals surface area contributed by atoms with Crippen LogP contribution in [0.15, 0.2) is 0 Å². The summed E-state index contributed by atoms with van der Waals surface area (Å²) in [5, 5.41) is 2.70. The van der Waals surface area contributed by atoms with Crippen molar-refractivity contribution in [2.24, 2.45) is 17.1 Å². The van der Waals surface area contributed by atoms with Gasteiger partial charge in [0.25, 0.3) is 0 Å². The van der Waals surface area contributed by atoms with Crippen LogP contribution in [0.25, 0.3) is 0 Å². The predicted molar refractivity (Wildman–Crippen MR) is 68.9 cm³/mol. The van der Waals surface area contributed by atoms with Crippen LogP contribution >= 0.6 is 12.4 Å². The quantitative estimate of drug-likeness (QED) is 0.718. The van der Waals surface area contributed by atoms with Crippen LogP contribution in [0.1, 0.15) is 27.7 Å². The molecule has 0 saturated heterocycles. The summed E-state index contributed by atoms with van der Waals surface area (Å²) in [6.07, 6.45) is 0. The summed E-state index contributed by atoms with van der Waals surface area (Å²) in [6, 6.07) is -0.207. The van der Waals surface area contributed by atoms with Gasteiger partial charge in [0, 0.05) is 18.5 Å². The number of nitrogens with one attached hydrogen (secondary N) is 1. The van der Waals surface area contributed by atoms with Crippen LogP contribution in [-0.2, 0) is 14.3 Å². The molecule has 0 fully saturated rings. The zero-order valence-electron chi connectivity index (χ0n) is 11.1. The molecule has 0 rings (SSSR count). The van der Waals surface area contributed by atoms with Gasteiger partial charge in [-0.05, 0) is 20.8 Å². The normalized spacial score (nSPS) is 14.2. The Morgan fingerprint density at radius 3 is 2.18 bits per heavy atom. The van der Waals surface area contributed by atoms with E-state index in [2.05, 4.69) is 10.1 Å². The fourth-order valence-electron chi connectivity index (χ4n) is 1.06. The summed E-state index contributed by atoms with van der Waals surface area (Å²) in [6.45, 7) is 7.21. The van der Waals surface area contributed by atoms with E-state index >= 15 is 0 Å². The van der Waals surface area contributed by atoms with Gasteiger partial charge in [-0.3, -0.25) is 9.59 Å². The number of carbonyl (C=O) groups excluding carboxylic acids is 2. The van der Waals surface area contributed by atoms with Gasteiger partial charge in [-0.15, -0.1) is 12.4 Å². The smallest absolute Gasteiger partial charge is 0.313 e. The summed E-state index contributed by atoms with van der Waals surface area (Å²) in [4.78, 5) is 23.0. The Morgan fingerprint density at radius 2 is 1.82 bits per heavy atom. The fourth-order valence-corrected chi connectivity index (χ4v) is 1.06. The van der Waals surface area contributed by atoms with E-state index in [0.717, 1.165) is 0 Å². The van der Waals surface area contributed by atoms with E-state index in [4.69, 9.17) is 5.73 Å². The molecule has 6 heteroatoms. The first-order chi connectivity index (χ1) is 7.22. The first kappa shape index (κ1) is 18.6. The van der Waals surface area contributed by atoms with Crippen molar-refractivity contribution in [1.82, 2.24) is 5.32 Å². The SMILES string of the molecule is COC(=O)C(C)(C)CNC(=O)C(C)C(C)N.Cl. The fraction of sp³-hybridized carbons (Fsp3) is 0.818. The molecule has 1 amide bonds. The lowest BCUT2D eigenvalue weighted by molar-refractivity contribution is -0.150. The van der Waals surface area contributed by atoms with Crippen LogP contribution < -0.4 is 11.1 Å². The van der Waals surface area contributed by atoms with Gasteiger partial charge in [-0.1, -0.05) is 6.92 Å². The molecule has 17 heavy (non-hydrogen) atoms. The van der Waals surface area contributed by atoms with Gasteiger partial charge in [0.2, 0.25) is 5.91 Å². The molecule has 2 unspecified atom stereocenters. The lowest BCUT2D eigenvalue weighted by Gasteiger charge is -2.23. The van der Waals surface area contributed by atoms with E-state index in [1.807, 2.05) is 0 Å². The van der Waals surface area contributed by atoms with Crippen LogP contribution in [0, 0.1) is 11.3 Å². The number of carbonyl (C=O) groups is 2. The third kappa shape index (κ3) is 5.89. The van der Waals surface area contributed by atoms with Gasteiger partial charge in [-0.25, -0.2) is 0 Å². The van der Waals surface area contributed by atoms with Gasteiger partial charge >= 0.3 is 5.97 Å². The van der Waals surface area contributed by atoms with Crippen molar-refractivity contribution in [3.8, 4) is 0 Å². The maximum Gasteiger partial charge on any atom is 0.313 e. The molecule has 0 aromatic heterocycles. The van der Waals surface area contributed by atoms with E-state index < -0.39 is 5.41 Å².